The number of phenols is 1. The lowest BCUT2D eigenvalue weighted by atomic mass is 10.0. The number of fused-ring (bicyclic) bond motifs is 1. The Morgan fingerprint density at radius 2 is 1.81 bits per heavy atom. The number of H-pyrrole nitrogens is 1. The maximum atomic E-state index is 12.5. The number of carbonyl (C=O) groups excluding carboxylic acids is 1. The largest absolute Gasteiger partial charge is 0.507 e. The average molecular weight is 497 g/mol. The fourth-order valence-corrected chi connectivity index (χ4v) is 3.91. The van der Waals surface area contributed by atoms with Crippen molar-refractivity contribution in [2.24, 2.45) is 5.10 Å². The molecule has 5 aromatic rings. The van der Waals surface area contributed by atoms with Gasteiger partial charge < -0.3 is 9.84 Å². The van der Waals surface area contributed by atoms with E-state index < -0.39 is 5.91 Å². The Bertz CT molecular complexity index is 1560. The van der Waals surface area contributed by atoms with Crippen LogP contribution in [0.25, 0.3) is 22.0 Å². The maximum absolute atomic E-state index is 12.5. The van der Waals surface area contributed by atoms with Gasteiger partial charge >= 0.3 is 0 Å². The van der Waals surface area contributed by atoms with Gasteiger partial charge in [-0.25, -0.2) is 5.43 Å². The van der Waals surface area contributed by atoms with Crippen LogP contribution in [-0.4, -0.2) is 27.4 Å². The zero-order valence-electron chi connectivity index (χ0n) is 19.0. The lowest BCUT2D eigenvalue weighted by Gasteiger charge is -2.08. The molecule has 5 rings (SSSR count). The van der Waals surface area contributed by atoms with E-state index in [4.69, 9.17) is 16.3 Å². The van der Waals surface area contributed by atoms with Crippen LogP contribution in [-0.2, 0) is 6.61 Å². The van der Waals surface area contributed by atoms with Crippen molar-refractivity contribution in [3.63, 3.8) is 0 Å². The van der Waals surface area contributed by atoms with Gasteiger partial charge in [0.05, 0.1) is 11.9 Å². The molecule has 0 saturated carbocycles. The highest BCUT2D eigenvalue weighted by Gasteiger charge is 2.11. The summed E-state index contributed by atoms with van der Waals surface area (Å²) in [5.41, 5.74) is 5.58. The molecule has 0 aliphatic rings. The molecule has 0 atom stereocenters. The lowest BCUT2D eigenvalue weighted by molar-refractivity contribution is 0.0950. The number of amides is 1. The van der Waals surface area contributed by atoms with Crippen molar-refractivity contribution in [3.8, 4) is 22.8 Å². The molecule has 3 N–H and O–H groups in total. The number of aromatic nitrogens is 2. The van der Waals surface area contributed by atoms with Crippen LogP contribution in [0.3, 0.4) is 0 Å². The van der Waals surface area contributed by atoms with E-state index in [0.717, 1.165) is 21.9 Å². The third-order valence-corrected chi connectivity index (χ3v) is 6.00. The fourth-order valence-electron chi connectivity index (χ4n) is 3.72. The average Bonchev–Trinajstić information content (AvgIpc) is 3.40. The van der Waals surface area contributed by atoms with Crippen LogP contribution >= 0.6 is 11.6 Å². The number of hydrazone groups is 1. The molecule has 0 fully saturated rings. The van der Waals surface area contributed by atoms with E-state index in [2.05, 4.69) is 20.7 Å². The van der Waals surface area contributed by atoms with Gasteiger partial charge in [-0.05, 0) is 53.2 Å². The van der Waals surface area contributed by atoms with Crippen LogP contribution < -0.4 is 10.2 Å². The number of halogens is 1. The van der Waals surface area contributed by atoms with E-state index in [9.17, 15) is 9.90 Å². The second kappa shape index (κ2) is 10.3. The number of aromatic hydroxyl groups is 1. The van der Waals surface area contributed by atoms with Crippen molar-refractivity contribution < 1.29 is 14.6 Å². The molecular formula is C28H21ClN4O3. The van der Waals surface area contributed by atoms with Gasteiger partial charge in [-0.3, -0.25) is 9.89 Å². The highest BCUT2D eigenvalue weighted by Crippen LogP contribution is 2.26. The summed E-state index contributed by atoms with van der Waals surface area (Å²) in [6, 6.07) is 27.6. The molecule has 0 aliphatic heterocycles. The van der Waals surface area contributed by atoms with Crippen LogP contribution in [0, 0.1) is 0 Å². The van der Waals surface area contributed by atoms with E-state index in [1.807, 2.05) is 78.9 Å². The number of hydrogen-bond acceptors (Lipinski definition) is 5. The molecular weight excluding hydrogens is 476 g/mol. The quantitative estimate of drug-likeness (QED) is 0.192. The fraction of sp³-hybridized carbons (Fsp3) is 0.0357. The smallest absolute Gasteiger partial charge is 0.289 e. The number of nitrogens with zero attached hydrogens (tertiary/aromatic N) is 2. The number of phenolic OH excluding ortho intramolecular Hbond substituents is 1. The minimum Gasteiger partial charge on any atom is -0.507 e. The molecule has 8 heteroatoms. The zero-order valence-corrected chi connectivity index (χ0v) is 19.7. The first kappa shape index (κ1) is 23.1. The molecule has 0 radical (unpaired) electrons. The summed E-state index contributed by atoms with van der Waals surface area (Å²) in [6.45, 7) is 0.364. The molecule has 36 heavy (non-hydrogen) atoms. The van der Waals surface area contributed by atoms with Crippen molar-refractivity contribution in [1.82, 2.24) is 15.6 Å². The second-order valence-electron chi connectivity index (χ2n) is 7.99. The highest BCUT2D eigenvalue weighted by atomic mass is 35.5. The van der Waals surface area contributed by atoms with Gasteiger partial charge in [0.2, 0.25) is 0 Å². The van der Waals surface area contributed by atoms with Gasteiger partial charge in [-0.2, -0.15) is 10.2 Å². The van der Waals surface area contributed by atoms with Crippen molar-refractivity contribution in [2.75, 3.05) is 0 Å². The van der Waals surface area contributed by atoms with Gasteiger partial charge in [0.15, 0.2) is 0 Å². The Morgan fingerprint density at radius 1 is 1.03 bits per heavy atom. The van der Waals surface area contributed by atoms with Crippen molar-refractivity contribution in [3.05, 3.63) is 113 Å². The molecule has 178 valence electrons. The summed E-state index contributed by atoms with van der Waals surface area (Å²) in [5, 5.41) is 23.6. The van der Waals surface area contributed by atoms with Crippen LogP contribution in [0.1, 0.15) is 21.6 Å². The Balaban J connectivity index is 1.22. The molecule has 1 amide bonds. The Labute approximate surface area is 212 Å². The maximum Gasteiger partial charge on any atom is 0.289 e. The first-order chi connectivity index (χ1) is 17.6. The van der Waals surface area contributed by atoms with E-state index >= 15 is 0 Å². The number of benzene rings is 4. The molecule has 0 aliphatic carbocycles. The summed E-state index contributed by atoms with van der Waals surface area (Å²) in [6.07, 6.45) is 1.42. The summed E-state index contributed by atoms with van der Waals surface area (Å²) in [4.78, 5) is 12.5. The van der Waals surface area contributed by atoms with Gasteiger partial charge in [0, 0.05) is 21.7 Å². The molecule has 4 aromatic carbocycles. The molecule has 0 saturated heterocycles. The minimum atomic E-state index is -0.454. The number of ether oxygens (including phenoxy) is 1. The van der Waals surface area contributed by atoms with E-state index in [1.165, 1.54) is 6.21 Å². The zero-order chi connectivity index (χ0) is 24.9. The molecule has 0 spiro atoms. The number of nitrogens with one attached hydrogen (secondary N) is 2. The van der Waals surface area contributed by atoms with Crippen LogP contribution in [0.15, 0.2) is 96.1 Å². The topological polar surface area (TPSA) is 99.6 Å². The van der Waals surface area contributed by atoms with Crippen LogP contribution in [0.2, 0.25) is 5.02 Å². The molecule has 0 unspecified atom stereocenters. The summed E-state index contributed by atoms with van der Waals surface area (Å²) >= 11 is 6.17. The molecule has 7 nitrogen and oxygen atoms in total. The van der Waals surface area contributed by atoms with E-state index in [0.29, 0.717) is 28.6 Å². The number of carbonyl (C=O) groups is 1. The Kier molecular flexibility index (Phi) is 6.64. The number of rotatable bonds is 7. The minimum absolute atomic E-state index is 0.0785. The SMILES string of the molecule is O=C(N/N=C/c1c(O)ccc2ccccc12)c1cc(-c2ccc(OCc3ccccc3Cl)cc2)n[nH]1. The first-order valence-corrected chi connectivity index (χ1v) is 11.5. The molecule has 0 bridgehead atoms. The predicted molar refractivity (Wildman–Crippen MR) is 140 cm³/mol. The van der Waals surface area contributed by atoms with Crippen molar-refractivity contribution in [1.29, 1.82) is 0 Å². The standard InChI is InChI=1S/C28H21ClN4O3/c29-24-8-4-2-6-20(24)17-36-21-12-9-19(10-13-21)25-15-26(32-31-25)28(35)33-30-16-23-22-7-3-1-5-18(22)11-14-27(23)34/h1-16,34H,17H2,(H,31,32)(H,33,35)/b30-16+. The van der Waals surface area contributed by atoms with Gasteiger partial charge in [0.1, 0.15) is 23.8 Å². The molecule has 1 aromatic heterocycles. The van der Waals surface area contributed by atoms with Gasteiger partial charge in [-0.1, -0.05) is 60.1 Å². The van der Waals surface area contributed by atoms with Gasteiger partial charge in [-0.15, -0.1) is 0 Å². The number of hydrogen-bond donors (Lipinski definition) is 3. The van der Waals surface area contributed by atoms with E-state index in [-0.39, 0.29) is 11.4 Å². The monoisotopic (exact) mass is 496 g/mol. The van der Waals surface area contributed by atoms with Crippen molar-refractivity contribution in [2.45, 2.75) is 6.61 Å². The lowest BCUT2D eigenvalue weighted by Crippen LogP contribution is -2.18. The second-order valence-corrected chi connectivity index (χ2v) is 8.40. The predicted octanol–water partition coefficient (Wildman–Crippen LogP) is 5.93. The third kappa shape index (κ3) is 5.06. The third-order valence-electron chi connectivity index (χ3n) is 5.63. The summed E-state index contributed by atoms with van der Waals surface area (Å²) in [7, 11) is 0. The molecule has 1 heterocycles. The summed E-state index contributed by atoms with van der Waals surface area (Å²) < 4.78 is 5.81. The number of aromatic amines is 1. The Hall–Kier alpha value is -4.62. The normalized spacial score (nSPS) is 11.1. The first-order valence-electron chi connectivity index (χ1n) is 11.1. The van der Waals surface area contributed by atoms with Crippen molar-refractivity contribution >= 4 is 34.5 Å². The van der Waals surface area contributed by atoms with E-state index in [1.54, 1.807) is 12.1 Å². The van der Waals surface area contributed by atoms with Gasteiger partial charge in [0.25, 0.3) is 5.91 Å². The van der Waals surface area contributed by atoms with Crippen LogP contribution in [0.5, 0.6) is 11.5 Å². The van der Waals surface area contributed by atoms with Crippen LogP contribution in [0.4, 0.5) is 0 Å². The highest BCUT2D eigenvalue weighted by molar-refractivity contribution is 6.31. The Morgan fingerprint density at radius 3 is 2.64 bits per heavy atom. The summed E-state index contributed by atoms with van der Waals surface area (Å²) in [5.74, 6) is 0.317.